The Morgan fingerprint density at radius 1 is 1.08 bits per heavy atom. The third-order valence-electron chi connectivity index (χ3n) is 4.45. The molecule has 26 heavy (non-hydrogen) atoms. The number of para-hydroxylation sites is 1. The average Bonchev–Trinajstić information content (AvgIpc) is 3.17. The summed E-state index contributed by atoms with van der Waals surface area (Å²) in [6.07, 6.45) is 1.81. The number of hydrogen-bond donors (Lipinski definition) is 0. The standard InChI is InChI=1S/C20H19N3O3/c24-19(15-8-3-1-4-9-15)23-13-7-10-16(14-23)18-21-20(22-26-18)25-17-11-5-2-6-12-17/h1-6,8-9,11-12,16H,7,10,13-14H2/t16-/m0/s1. The number of likely N-dealkylation sites (tertiary alicyclic amines) is 1. The van der Waals surface area contributed by atoms with Gasteiger partial charge in [0.2, 0.25) is 5.89 Å². The van der Waals surface area contributed by atoms with Crippen molar-refractivity contribution >= 4 is 5.91 Å². The lowest BCUT2D eigenvalue weighted by Gasteiger charge is -2.31. The van der Waals surface area contributed by atoms with E-state index in [1.165, 1.54) is 0 Å². The fourth-order valence-electron chi connectivity index (χ4n) is 3.15. The molecule has 1 saturated heterocycles. The van der Waals surface area contributed by atoms with Gasteiger partial charge in [0.1, 0.15) is 5.75 Å². The van der Waals surface area contributed by atoms with Gasteiger partial charge in [-0.1, -0.05) is 36.4 Å². The number of piperidine rings is 1. The van der Waals surface area contributed by atoms with Crippen LogP contribution in [0.3, 0.4) is 0 Å². The van der Waals surface area contributed by atoms with Gasteiger partial charge in [0.05, 0.1) is 5.92 Å². The molecule has 0 unspecified atom stereocenters. The molecule has 1 fully saturated rings. The summed E-state index contributed by atoms with van der Waals surface area (Å²) in [5, 5.41) is 3.90. The van der Waals surface area contributed by atoms with Gasteiger partial charge in [-0.25, -0.2) is 0 Å². The van der Waals surface area contributed by atoms with Crippen molar-refractivity contribution in [3.8, 4) is 11.8 Å². The molecule has 2 aromatic carbocycles. The molecule has 1 atom stereocenters. The Balaban J connectivity index is 1.44. The van der Waals surface area contributed by atoms with Gasteiger partial charge >= 0.3 is 6.01 Å². The quantitative estimate of drug-likeness (QED) is 0.715. The molecule has 6 nitrogen and oxygen atoms in total. The van der Waals surface area contributed by atoms with Gasteiger partial charge in [-0.2, -0.15) is 4.98 Å². The van der Waals surface area contributed by atoms with Gasteiger partial charge in [0.25, 0.3) is 5.91 Å². The Hall–Kier alpha value is -3.15. The number of rotatable bonds is 4. The fourth-order valence-corrected chi connectivity index (χ4v) is 3.15. The minimum absolute atomic E-state index is 0.0250. The van der Waals surface area contributed by atoms with E-state index in [-0.39, 0.29) is 17.8 Å². The van der Waals surface area contributed by atoms with Crippen LogP contribution in [-0.4, -0.2) is 34.0 Å². The lowest BCUT2D eigenvalue weighted by Crippen LogP contribution is -2.39. The first-order chi connectivity index (χ1) is 12.8. The maximum absolute atomic E-state index is 12.7. The summed E-state index contributed by atoms with van der Waals surface area (Å²) in [5.41, 5.74) is 0.701. The maximum Gasteiger partial charge on any atom is 0.359 e. The molecular formula is C20H19N3O3. The van der Waals surface area contributed by atoms with Gasteiger partial charge in [-0.15, -0.1) is 0 Å². The highest BCUT2D eigenvalue weighted by Gasteiger charge is 2.29. The van der Waals surface area contributed by atoms with Crippen LogP contribution < -0.4 is 4.74 Å². The molecule has 6 heteroatoms. The Morgan fingerprint density at radius 3 is 2.58 bits per heavy atom. The summed E-state index contributed by atoms with van der Waals surface area (Å²) in [6, 6.07) is 18.9. The number of benzene rings is 2. The molecule has 0 spiro atoms. The summed E-state index contributed by atoms with van der Waals surface area (Å²) in [6.45, 7) is 1.31. The van der Waals surface area contributed by atoms with E-state index < -0.39 is 0 Å². The predicted octanol–water partition coefficient (Wildman–Crippen LogP) is 3.88. The minimum atomic E-state index is 0.0250. The molecule has 0 bridgehead atoms. The predicted molar refractivity (Wildman–Crippen MR) is 95.1 cm³/mol. The van der Waals surface area contributed by atoms with Gasteiger partial charge in [-0.3, -0.25) is 4.79 Å². The van der Waals surface area contributed by atoms with Crippen LogP contribution in [0.5, 0.6) is 11.8 Å². The van der Waals surface area contributed by atoms with Crippen LogP contribution >= 0.6 is 0 Å². The van der Waals surface area contributed by atoms with E-state index in [2.05, 4.69) is 10.1 Å². The van der Waals surface area contributed by atoms with Crippen LogP contribution in [0.25, 0.3) is 0 Å². The first kappa shape index (κ1) is 16.3. The molecule has 2 heterocycles. The topological polar surface area (TPSA) is 68.5 Å². The highest BCUT2D eigenvalue weighted by molar-refractivity contribution is 5.94. The second kappa shape index (κ2) is 7.39. The molecular weight excluding hydrogens is 330 g/mol. The summed E-state index contributed by atoms with van der Waals surface area (Å²) >= 11 is 0. The molecule has 0 saturated carbocycles. The van der Waals surface area contributed by atoms with E-state index in [0.29, 0.717) is 23.7 Å². The van der Waals surface area contributed by atoms with Crippen molar-refractivity contribution in [2.24, 2.45) is 0 Å². The van der Waals surface area contributed by atoms with Crippen molar-refractivity contribution in [3.05, 3.63) is 72.1 Å². The smallest absolute Gasteiger partial charge is 0.359 e. The van der Waals surface area contributed by atoms with Crippen molar-refractivity contribution in [3.63, 3.8) is 0 Å². The maximum atomic E-state index is 12.7. The van der Waals surface area contributed by atoms with Crippen molar-refractivity contribution in [2.75, 3.05) is 13.1 Å². The Kier molecular flexibility index (Phi) is 4.64. The number of ether oxygens (including phenoxy) is 1. The van der Waals surface area contributed by atoms with E-state index in [9.17, 15) is 4.79 Å². The molecule has 0 radical (unpaired) electrons. The molecule has 1 aliphatic rings. The number of aromatic nitrogens is 2. The van der Waals surface area contributed by atoms with Crippen LogP contribution in [0.15, 0.2) is 65.2 Å². The Morgan fingerprint density at radius 2 is 1.81 bits per heavy atom. The zero-order chi connectivity index (χ0) is 17.8. The third-order valence-corrected chi connectivity index (χ3v) is 4.45. The molecule has 1 aromatic heterocycles. The highest BCUT2D eigenvalue weighted by atomic mass is 16.6. The van der Waals surface area contributed by atoms with Gasteiger partial charge in [0.15, 0.2) is 0 Å². The van der Waals surface area contributed by atoms with E-state index >= 15 is 0 Å². The summed E-state index contributed by atoms with van der Waals surface area (Å²) in [4.78, 5) is 18.9. The lowest BCUT2D eigenvalue weighted by molar-refractivity contribution is 0.0695. The van der Waals surface area contributed by atoms with E-state index in [1.54, 1.807) is 0 Å². The SMILES string of the molecule is O=C(c1ccccc1)N1CCC[C@H](c2nc(Oc3ccccc3)no2)C1. The van der Waals surface area contributed by atoms with Crippen LogP contribution in [0.4, 0.5) is 0 Å². The number of carbonyl (C=O) groups excluding carboxylic acids is 1. The lowest BCUT2D eigenvalue weighted by atomic mass is 9.97. The van der Waals surface area contributed by atoms with Crippen LogP contribution in [-0.2, 0) is 0 Å². The third kappa shape index (κ3) is 3.59. The van der Waals surface area contributed by atoms with Crippen molar-refractivity contribution in [1.29, 1.82) is 0 Å². The average molecular weight is 349 g/mol. The monoisotopic (exact) mass is 349 g/mol. The first-order valence-electron chi connectivity index (χ1n) is 8.70. The van der Waals surface area contributed by atoms with Crippen molar-refractivity contribution < 1.29 is 14.1 Å². The molecule has 3 aromatic rings. The molecule has 0 aliphatic carbocycles. The zero-order valence-corrected chi connectivity index (χ0v) is 14.2. The van der Waals surface area contributed by atoms with E-state index in [4.69, 9.17) is 9.26 Å². The second-order valence-electron chi connectivity index (χ2n) is 6.29. The Labute approximate surface area is 151 Å². The molecule has 4 rings (SSSR count). The molecule has 132 valence electrons. The fraction of sp³-hybridized carbons (Fsp3) is 0.250. The molecule has 1 amide bonds. The first-order valence-corrected chi connectivity index (χ1v) is 8.70. The summed E-state index contributed by atoms with van der Waals surface area (Å²) in [7, 11) is 0. The highest BCUT2D eigenvalue weighted by Crippen LogP contribution is 2.28. The Bertz CT molecular complexity index is 864. The van der Waals surface area contributed by atoms with Crippen molar-refractivity contribution in [1.82, 2.24) is 15.0 Å². The summed E-state index contributed by atoms with van der Waals surface area (Å²) in [5.74, 6) is 1.23. The number of amides is 1. The zero-order valence-electron chi connectivity index (χ0n) is 14.2. The van der Waals surface area contributed by atoms with Crippen LogP contribution in [0.2, 0.25) is 0 Å². The number of hydrogen-bond acceptors (Lipinski definition) is 5. The molecule has 1 aliphatic heterocycles. The summed E-state index contributed by atoms with van der Waals surface area (Å²) < 4.78 is 11.0. The number of nitrogens with zero attached hydrogens (tertiary/aromatic N) is 3. The van der Waals surface area contributed by atoms with E-state index in [0.717, 1.165) is 19.4 Å². The largest absolute Gasteiger partial charge is 0.422 e. The normalized spacial score (nSPS) is 17.1. The number of carbonyl (C=O) groups is 1. The van der Waals surface area contributed by atoms with E-state index in [1.807, 2.05) is 65.6 Å². The van der Waals surface area contributed by atoms with Gasteiger partial charge in [-0.05, 0) is 42.3 Å². The van der Waals surface area contributed by atoms with Gasteiger partial charge < -0.3 is 14.2 Å². The van der Waals surface area contributed by atoms with Crippen molar-refractivity contribution in [2.45, 2.75) is 18.8 Å². The minimum Gasteiger partial charge on any atom is -0.422 e. The van der Waals surface area contributed by atoms with Gasteiger partial charge in [0, 0.05) is 18.7 Å². The van der Waals surface area contributed by atoms with Crippen LogP contribution in [0, 0.1) is 0 Å². The second-order valence-corrected chi connectivity index (χ2v) is 6.29. The van der Waals surface area contributed by atoms with Crippen LogP contribution in [0.1, 0.15) is 35.0 Å². The molecule has 0 N–H and O–H groups in total.